The zero-order valence-electron chi connectivity index (χ0n) is 20.0. The van der Waals surface area contributed by atoms with Gasteiger partial charge in [0, 0.05) is 58.0 Å². The van der Waals surface area contributed by atoms with Crippen molar-refractivity contribution >= 4 is 0 Å². The molecule has 4 fully saturated rings. The molecule has 5 heteroatoms. The van der Waals surface area contributed by atoms with Gasteiger partial charge >= 0.3 is 0 Å². The Hall–Kier alpha value is -0.980. The van der Waals surface area contributed by atoms with Crippen molar-refractivity contribution in [2.24, 2.45) is 0 Å². The Labute approximate surface area is 195 Å². The van der Waals surface area contributed by atoms with E-state index in [4.69, 9.17) is 4.74 Å². The molecule has 0 bridgehead atoms. The summed E-state index contributed by atoms with van der Waals surface area (Å²) in [5, 5.41) is 0. The van der Waals surface area contributed by atoms with Crippen LogP contribution in [0.2, 0.25) is 0 Å². The maximum Gasteiger partial charge on any atom is 0.0702 e. The van der Waals surface area contributed by atoms with Gasteiger partial charge in [-0.2, -0.15) is 0 Å². The number of ether oxygens (including phenoxy) is 1. The van der Waals surface area contributed by atoms with Crippen molar-refractivity contribution in [3.8, 4) is 0 Å². The SMILES string of the molecule is c1ccc(C(CN2CCC(N3CCCCC3)CC2)N2CCN(CC3CCCO3)CC2)cc1. The monoisotopic (exact) mass is 440 g/mol. The third-order valence-electron chi connectivity index (χ3n) is 8.41. The average Bonchev–Trinajstić information content (AvgIpc) is 3.38. The molecule has 0 amide bonds. The van der Waals surface area contributed by atoms with Crippen molar-refractivity contribution < 1.29 is 4.74 Å². The maximum atomic E-state index is 5.89. The molecule has 1 aromatic carbocycles. The van der Waals surface area contributed by atoms with Crippen LogP contribution in [0.1, 0.15) is 56.6 Å². The zero-order chi connectivity index (χ0) is 21.6. The van der Waals surface area contributed by atoms with Gasteiger partial charge in [0.1, 0.15) is 0 Å². The minimum atomic E-state index is 0.479. The first-order valence-electron chi connectivity index (χ1n) is 13.4. The van der Waals surface area contributed by atoms with Crippen molar-refractivity contribution in [3.63, 3.8) is 0 Å². The molecule has 0 spiro atoms. The van der Waals surface area contributed by atoms with Crippen LogP contribution in [0.25, 0.3) is 0 Å². The molecule has 1 aromatic rings. The first-order valence-corrected chi connectivity index (χ1v) is 13.4. The molecule has 0 N–H and O–H groups in total. The molecule has 4 aliphatic rings. The Morgan fingerprint density at radius 1 is 0.750 bits per heavy atom. The molecule has 5 rings (SSSR count). The van der Waals surface area contributed by atoms with Gasteiger partial charge in [0.25, 0.3) is 0 Å². The fourth-order valence-electron chi connectivity index (χ4n) is 6.44. The molecule has 5 nitrogen and oxygen atoms in total. The summed E-state index contributed by atoms with van der Waals surface area (Å²) in [4.78, 5) is 11.0. The van der Waals surface area contributed by atoms with Crippen LogP contribution in [-0.2, 0) is 4.74 Å². The highest BCUT2D eigenvalue weighted by molar-refractivity contribution is 5.20. The van der Waals surface area contributed by atoms with Gasteiger partial charge < -0.3 is 14.5 Å². The molecular weight excluding hydrogens is 396 g/mol. The molecule has 178 valence electrons. The molecule has 32 heavy (non-hydrogen) atoms. The van der Waals surface area contributed by atoms with Crippen LogP contribution in [0.15, 0.2) is 30.3 Å². The van der Waals surface area contributed by atoms with E-state index in [1.807, 2.05) is 0 Å². The molecular formula is C27H44N4O. The molecule has 4 aliphatic heterocycles. The van der Waals surface area contributed by atoms with E-state index in [9.17, 15) is 0 Å². The summed E-state index contributed by atoms with van der Waals surface area (Å²) in [7, 11) is 0. The van der Waals surface area contributed by atoms with Crippen molar-refractivity contribution in [2.75, 3.05) is 72.1 Å². The van der Waals surface area contributed by atoms with Crippen molar-refractivity contribution in [3.05, 3.63) is 35.9 Å². The van der Waals surface area contributed by atoms with E-state index in [2.05, 4.69) is 49.9 Å². The molecule has 2 atom stereocenters. The summed E-state index contributed by atoms with van der Waals surface area (Å²) in [6.07, 6.45) is 9.95. The quantitative estimate of drug-likeness (QED) is 0.646. The Balaban J connectivity index is 1.15. The Morgan fingerprint density at radius 2 is 1.50 bits per heavy atom. The van der Waals surface area contributed by atoms with Crippen LogP contribution < -0.4 is 0 Å². The molecule has 0 radical (unpaired) electrons. The van der Waals surface area contributed by atoms with E-state index in [0.717, 1.165) is 19.2 Å². The van der Waals surface area contributed by atoms with Crippen LogP contribution in [0.3, 0.4) is 0 Å². The molecule has 4 saturated heterocycles. The lowest BCUT2D eigenvalue weighted by atomic mass is 9.98. The smallest absolute Gasteiger partial charge is 0.0702 e. The first kappa shape index (κ1) is 22.8. The van der Waals surface area contributed by atoms with Gasteiger partial charge in [-0.05, 0) is 70.3 Å². The van der Waals surface area contributed by atoms with E-state index in [-0.39, 0.29) is 0 Å². The number of nitrogens with zero attached hydrogens (tertiary/aromatic N) is 4. The third-order valence-corrected chi connectivity index (χ3v) is 8.41. The van der Waals surface area contributed by atoms with Gasteiger partial charge in [0.2, 0.25) is 0 Å². The number of hydrogen-bond donors (Lipinski definition) is 0. The molecule has 2 unspecified atom stereocenters. The predicted octanol–water partition coefficient (Wildman–Crippen LogP) is 3.47. The van der Waals surface area contributed by atoms with E-state index in [0.29, 0.717) is 12.1 Å². The van der Waals surface area contributed by atoms with E-state index >= 15 is 0 Å². The Bertz CT molecular complexity index is 657. The maximum absolute atomic E-state index is 5.89. The summed E-state index contributed by atoms with van der Waals surface area (Å²) >= 11 is 0. The van der Waals surface area contributed by atoms with Crippen LogP contribution >= 0.6 is 0 Å². The lowest BCUT2D eigenvalue weighted by Gasteiger charge is -2.44. The summed E-state index contributed by atoms with van der Waals surface area (Å²) in [6, 6.07) is 12.7. The molecule has 0 saturated carbocycles. The van der Waals surface area contributed by atoms with Crippen molar-refractivity contribution in [2.45, 2.75) is 63.1 Å². The summed E-state index contributed by atoms with van der Waals surface area (Å²) in [5.74, 6) is 0. The lowest BCUT2D eigenvalue weighted by molar-refractivity contribution is 0.0275. The average molecular weight is 441 g/mol. The normalized spacial score (nSPS) is 28.8. The number of piperazine rings is 1. The zero-order valence-corrected chi connectivity index (χ0v) is 20.0. The Morgan fingerprint density at radius 3 is 2.19 bits per heavy atom. The highest BCUT2D eigenvalue weighted by Crippen LogP contribution is 2.27. The topological polar surface area (TPSA) is 22.2 Å². The fourth-order valence-corrected chi connectivity index (χ4v) is 6.44. The number of hydrogen-bond acceptors (Lipinski definition) is 5. The minimum Gasteiger partial charge on any atom is -0.377 e. The highest BCUT2D eigenvalue weighted by atomic mass is 16.5. The van der Waals surface area contributed by atoms with Gasteiger partial charge in [0.05, 0.1) is 6.10 Å². The standard InChI is InChI=1S/C27H44N4O/c1-3-8-24(9-4-1)27(31-19-17-29(18-20-31)22-26-10-7-21-32-26)23-28-15-11-25(12-16-28)30-13-5-2-6-14-30/h1,3-4,8-9,25-27H,2,5-7,10-23H2. The lowest BCUT2D eigenvalue weighted by Crippen LogP contribution is -2.52. The molecule has 4 heterocycles. The van der Waals surface area contributed by atoms with Gasteiger partial charge in [-0.15, -0.1) is 0 Å². The number of piperidine rings is 2. The predicted molar refractivity (Wildman–Crippen MR) is 131 cm³/mol. The highest BCUT2D eigenvalue weighted by Gasteiger charge is 2.31. The largest absolute Gasteiger partial charge is 0.377 e. The van der Waals surface area contributed by atoms with Crippen LogP contribution in [0.4, 0.5) is 0 Å². The van der Waals surface area contributed by atoms with Gasteiger partial charge in [-0.1, -0.05) is 36.8 Å². The van der Waals surface area contributed by atoms with E-state index in [1.165, 1.54) is 109 Å². The Kier molecular flexibility index (Phi) is 8.15. The van der Waals surface area contributed by atoms with E-state index in [1.54, 1.807) is 0 Å². The second-order valence-electron chi connectivity index (χ2n) is 10.5. The first-order chi connectivity index (χ1) is 15.8. The van der Waals surface area contributed by atoms with Crippen molar-refractivity contribution in [1.29, 1.82) is 0 Å². The third kappa shape index (κ3) is 5.92. The van der Waals surface area contributed by atoms with Crippen molar-refractivity contribution in [1.82, 2.24) is 19.6 Å². The second kappa shape index (κ2) is 11.4. The fraction of sp³-hybridized carbons (Fsp3) is 0.778. The number of benzene rings is 1. The van der Waals surface area contributed by atoms with Gasteiger partial charge in [0.15, 0.2) is 0 Å². The van der Waals surface area contributed by atoms with Gasteiger partial charge in [-0.25, -0.2) is 0 Å². The van der Waals surface area contributed by atoms with Crippen LogP contribution in [-0.4, -0.2) is 104 Å². The second-order valence-corrected chi connectivity index (χ2v) is 10.5. The van der Waals surface area contributed by atoms with Gasteiger partial charge in [-0.3, -0.25) is 9.80 Å². The molecule has 0 aromatic heterocycles. The van der Waals surface area contributed by atoms with Crippen LogP contribution in [0.5, 0.6) is 0 Å². The van der Waals surface area contributed by atoms with Crippen LogP contribution in [0, 0.1) is 0 Å². The summed E-state index contributed by atoms with van der Waals surface area (Å²) < 4.78 is 5.89. The summed E-state index contributed by atoms with van der Waals surface area (Å²) in [5.41, 5.74) is 1.50. The number of likely N-dealkylation sites (tertiary alicyclic amines) is 2. The number of rotatable bonds is 7. The van der Waals surface area contributed by atoms with E-state index < -0.39 is 0 Å². The minimum absolute atomic E-state index is 0.479. The summed E-state index contributed by atoms with van der Waals surface area (Å²) in [6.45, 7) is 13.2. The molecule has 0 aliphatic carbocycles.